The van der Waals surface area contributed by atoms with Crippen molar-refractivity contribution in [1.82, 2.24) is 0 Å². The van der Waals surface area contributed by atoms with Crippen LogP contribution in [0, 0.1) is 0 Å². The third kappa shape index (κ3) is 3.49. The molecule has 3 atom stereocenters. The molecule has 0 saturated carbocycles. The average Bonchev–Trinajstić information content (AvgIpc) is 2.49. The molecule has 0 radical (unpaired) electrons. The normalized spacial score (nSPS) is 20.8. The topological polar surface area (TPSA) is 29.5 Å². The highest BCUT2D eigenvalue weighted by atomic mass is 32.2. The lowest BCUT2D eigenvalue weighted by Crippen LogP contribution is -2.74. The first kappa shape index (κ1) is 26.1. The average molecular weight is 466 g/mol. The van der Waals surface area contributed by atoms with Gasteiger partial charge in [0.2, 0.25) is 6.17 Å². The van der Waals surface area contributed by atoms with Crippen molar-refractivity contribution in [1.29, 1.82) is 0 Å². The summed E-state index contributed by atoms with van der Waals surface area (Å²) in [5, 5.41) is -6.74. The highest BCUT2D eigenvalue weighted by Gasteiger charge is 2.92. The van der Waals surface area contributed by atoms with Crippen molar-refractivity contribution in [3.8, 4) is 0 Å². The molecule has 3 unspecified atom stereocenters. The molecule has 1 N–H and O–H groups in total. The fourth-order valence-corrected chi connectivity index (χ4v) is 1.87. The fourth-order valence-electron chi connectivity index (χ4n) is 1.37. The first-order valence-electron chi connectivity index (χ1n) is 5.44. The van der Waals surface area contributed by atoms with Crippen LogP contribution in [0.25, 0.3) is 0 Å². The Kier molecular flexibility index (Phi) is 6.67. The summed E-state index contributed by atoms with van der Waals surface area (Å²) in [5.74, 6) is -32.0. The van der Waals surface area contributed by atoms with E-state index in [0.29, 0.717) is 0 Å². The van der Waals surface area contributed by atoms with Crippen molar-refractivity contribution in [2.75, 3.05) is 0 Å². The second-order valence-electron chi connectivity index (χ2n) is 4.53. The van der Waals surface area contributed by atoms with Crippen LogP contribution in [-0.4, -0.2) is 51.7 Å². The van der Waals surface area contributed by atoms with E-state index < -0.39 is 59.2 Å². The van der Waals surface area contributed by atoms with Crippen LogP contribution >= 0.6 is 12.0 Å². The third-order valence-corrected chi connectivity index (χ3v) is 3.57. The van der Waals surface area contributed by atoms with E-state index >= 15 is 0 Å². The summed E-state index contributed by atoms with van der Waals surface area (Å²) in [6.07, 6.45) is -20.4. The third-order valence-electron chi connectivity index (χ3n) is 2.84. The smallest absolute Gasteiger partial charge is 0.327 e. The molecule has 0 aromatic rings. The van der Waals surface area contributed by atoms with Crippen LogP contribution in [0.4, 0.5) is 70.4 Å². The van der Waals surface area contributed by atoms with Crippen molar-refractivity contribution >= 4 is 12.0 Å². The van der Waals surface area contributed by atoms with Crippen molar-refractivity contribution in [3.63, 3.8) is 0 Å². The Hall–Kier alpha value is -0.850. The molecule has 0 aromatic heterocycles. The lowest BCUT2D eigenvalue weighted by Gasteiger charge is -2.43. The summed E-state index contributed by atoms with van der Waals surface area (Å²) in [6.45, 7) is 0. The van der Waals surface area contributed by atoms with Gasteiger partial charge in [0.25, 0.3) is 5.00 Å². The Labute approximate surface area is 140 Å². The minimum Gasteiger partial charge on any atom is -0.327 e. The molecule has 164 valence electrons. The molecule has 0 amide bonds. The van der Waals surface area contributed by atoms with Crippen LogP contribution < -0.4 is 0 Å². The minimum atomic E-state index is -8.25. The SMILES string of the molecule is OSC(F)(C(F)C(F)(F)F)C(F)(OF)C(F)(F)C(F)(F)C(F)(F)C(F)(F)F. The van der Waals surface area contributed by atoms with Crippen molar-refractivity contribution in [2.45, 2.75) is 47.1 Å². The zero-order valence-corrected chi connectivity index (χ0v) is 12.2. The second kappa shape index (κ2) is 6.89. The lowest BCUT2D eigenvalue weighted by molar-refractivity contribution is -0.474. The molecular weight excluding hydrogens is 464 g/mol. The van der Waals surface area contributed by atoms with E-state index in [1.54, 1.807) is 0 Å². The predicted octanol–water partition coefficient (Wildman–Crippen LogP) is 5.79. The molecule has 19 heteroatoms. The van der Waals surface area contributed by atoms with Crippen LogP contribution in [0.5, 0.6) is 0 Å². The Balaban J connectivity index is 6.79. The van der Waals surface area contributed by atoms with Gasteiger partial charge in [0, 0.05) is 12.0 Å². The van der Waals surface area contributed by atoms with E-state index in [1.165, 1.54) is 4.94 Å². The Bertz CT molecular complexity index is 529. The molecule has 0 aromatic carbocycles. The van der Waals surface area contributed by atoms with Gasteiger partial charge in [0.05, 0.1) is 0 Å². The van der Waals surface area contributed by atoms with Crippen LogP contribution in [0.15, 0.2) is 0 Å². The summed E-state index contributed by atoms with van der Waals surface area (Å²) in [6, 6.07) is 0. The number of hydrogen-bond donors (Lipinski definition) is 1. The molecule has 0 bridgehead atoms. The van der Waals surface area contributed by atoms with Gasteiger partial charge in [-0.25, -0.2) is 8.78 Å². The van der Waals surface area contributed by atoms with Crippen LogP contribution in [0.3, 0.4) is 0 Å². The van der Waals surface area contributed by atoms with E-state index in [4.69, 9.17) is 4.55 Å². The zero-order valence-electron chi connectivity index (χ0n) is 11.4. The maximum Gasteiger partial charge on any atom is 0.460 e. The van der Waals surface area contributed by atoms with E-state index in [0.717, 1.165) is 0 Å². The Morgan fingerprint density at radius 3 is 1.26 bits per heavy atom. The van der Waals surface area contributed by atoms with Crippen molar-refractivity contribution < 1.29 is 79.9 Å². The predicted molar refractivity (Wildman–Crippen MR) is 51.9 cm³/mol. The summed E-state index contributed by atoms with van der Waals surface area (Å²) in [7, 11) is 0. The van der Waals surface area contributed by atoms with Crippen LogP contribution in [-0.2, 0) is 4.94 Å². The largest absolute Gasteiger partial charge is 0.460 e. The number of hydrogen-bond acceptors (Lipinski definition) is 3. The minimum absolute atomic E-state index is 1.18. The van der Waals surface area contributed by atoms with Gasteiger partial charge >= 0.3 is 36.0 Å². The second-order valence-corrected chi connectivity index (χ2v) is 5.31. The summed E-state index contributed by atoms with van der Waals surface area (Å²) >= 11 is -2.74. The number of rotatable bonds is 7. The van der Waals surface area contributed by atoms with E-state index in [2.05, 4.69) is 0 Å². The Morgan fingerprint density at radius 1 is 0.667 bits per heavy atom. The number of alkyl halides is 15. The molecule has 27 heavy (non-hydrogen) atoms. The van der Waals surface area contributed by atoms with Crippen LogP contribution in [0.1, 0.15) is 0 Å². The van der Waals surface area contributed by atoms with Crippen molar-refractivity contribution in [2.24, 2.45) is 0 Å². The molecule has 0 aliphatic carbocycles. The van der Waals surface area contributed by atoms with Gasteiger partial charge in [-0.1, -0.05) is 0 Å². The van der Waals surface area contributed by atoms with Gasteiger partial charge in [0.1, 0.15) is 0 Å². The zero-order chi connectivity index (χ0) is 22.5. The maximum atomic E-state index is 13.7. The summed E-state index contributed by atoms with van der Waals surface area (Å²) in [4.78, 5) is 1.18. The van der Waals surface area contributed by atoms with Gasteiger partial charge in [0.15, 0.2) is 0 Å². The summed E-state index contributed by atoms with van der Waals surface area (Å²) in [5.41, 5.74) is 0. The van der Waals surface area contributed by atoms with Gasteiger partial charge in [-0.05, 0) is 4.53 Å². The van der Waals surface area contributed by atoms with Gasteiger partial charge in [-0.15, -0.1) is 4.94 Å². The maximum absolute atomic E-state index is 13.7. The van der Waals surface area contributed by atoms with Crippen molar-refractivity contribution in [3.05, 3.63) is 0 Å². The molecule has 0 aliphatic heterocycles. The quantitative estimate of drug-likeness (QED) is 0.381. The fraction of sp³-hybridized carbons (Fsp3) is 1.00. The molecule has 0 rings (SSSR count). The monoisotopic (exact) mass is 466 g/mol. The van der Waals surface area contributed by atoms with E-state index in [1.807, 2.05) is 0 Å². The highest BCUT2D eigenvalue weighted by Crippen LogP contribution is 2.63. The summed E-state index contributed by atoms with van der Waals surface area (Å²) < 4.78 is 210. The molecule has 2 nitrogen and oxygen atoms in total. The highest BCUT2D eigenvalue weighted by molar-refractivity contribution is 7.95. The molecule has 0 saturated heterocycles. The number of halogens is 16. The van der Waals surface area contributed by atoms with E-state index in [-0.39, 0.29) is 0 Å². The first-order valence-corrected chi connectivity index (χ1v) is 6.21. The molecule has 0 spiro atoms. The molecular formula is C8H2F16O2S. The van der Waals surface area contributed by atoms with Crippen LogP contribution in [0.2, 0.25) is 0 Å². The van der Waals surface area contributed by atoms with E-state index in [9.17, 15) is 70.4 Å². The Morgan fingerprint density at radius 2 is 1.04 bits per heavy atom. The van der Waals surface area contributed by atoms with Gasteiger partial charge < -0.3 is 4.55 Å². The lowest BCUT2D eigenvalue weighted by atomic mass is 9.91. The van der Waals surface area contributed by atoms with Gasteiger partial charge in [-0.2, -0.15) is 57.1 Å². The molecule has 0 heterocycles. The molecule has 0 fully saturated rings. The first-order chi connectivity index (χ1) is 11.5. The standard InChI is InChI=1S/C8H2F16O2S/c9-1(3(11,12)13)2(10,27-25)7(20,26-24)5(16,17)4(14,15)6(18,19)8(21,22)23/h1,25H. The van der Waals surface area contributed by atoms with Gasteiger partial charge in [-0.3, -0.25) is 0 Å². The molecule has 0 aliphatic rings.